The van der Waals surface area contributed by atoms with Crippen LogP contribution < -0.4 is 5.32 Å². The molecule has 0 unspecified atom stereocenters. The van der Waals surface area contributed by atoms with Gasteiger partial charge in [0.25, 0.3) is 0 Å². The Bertz CT molecular complexity index is 418. The summed E-state index contributed by atoms with van der Waals surface area (Å²) in [7, 11) is 0. The highest BCUT2D eigenvalue weighted by atomic mass is 16.2. The van der Waals surface area contributed by atoms with E-state index in [1.54, 1.807) is 0 Å². The van der Waals surface area contributed by atoms with Crippen LogP contribution in [0, 0.1) is 5.92 Å². The molecule has 2 fully saturated rings. The van der Waals surface area contributed by atoms with Gasteiger partial charge in [0.15, 0.2) is 0 Å². The number of hydrogen-bond donors (Lipinski definition) is 1. The molecule has 5 heteroatoms. The van der Waals surface area contributed by atoms with Crippen molar-refractivity contribution in [3.63, 3.8) is 0 Å². The van der Waals surface area contributed by atoms with E-state index in [4.69, 9.17) is 0 Å². The highest BCUT2D eigenvalue weighted by Gasteiger charge is 2.46. The number of carbonyl (C=O) groups excluding carboxylic acids is 2. The average molecular weight is 323 g/mol. The Kier molecular flexibility index (Phi) is 6.45. The summed E-state index contributed by atoms with van der Waals surface area (Å²) in [5.74, 6) is 0.725. The molecule has 0 aliphatic carbocycles. The second-order valence-corrected chi connectivity index (χ2v) is 7.66. The maximum Gasteiger partial charge on any atom is 0.245 e. The van der Waals surface area contributed by atoms with E-state index in [-0.39, 0.29) is 11.8 Å². The summed E-state index contributed by atoms with van der Waals surface area (Å²) >= 11 is 0. The summed E-state index contributed by atoms with van der Waals surface area (Å²) in [6.07, 6.45) is 5.66. The summed E-state index contributed by atoms with van der Waals surface area (Å²) < 4.78 is 0. The fraction of sp³-hybridized carbons (Fsp3) is 0.889. The van der Waals surface area contributed by atoms with E-state index < -0.39 is 5.54 Å². The van der Waals surface area contributed by atoms with Crippen LogP contribution in [0.1, 0.15) is 59.3 Å². The molecule has 1 atom stereocenters. The van der Waals surface area contributed by atoms with Crippen LogP contribution in [0.2, 0.25) is 0 Å². The number of nitrogens with zero attached hydrogens (tertiary/aromatic N) is 2. The van der Waals surface area contributed by atoms with Crippen molar-refractivity contribution in [3.8, 4) is 0 Å². The van der Waals surface area contributed by atoms with Gasteiger partial charge in [-0.25, -0.2) is 0 Å². The molecule has 0 aromatic heterocycles. The van der Waals surface area contributed by atoms with E-state index in [1.807, 2.05) is 11.8 Å². The van der Waals surface area contributed by atoms with Gasteiger partial charge in [-0.05, 0) is 64.6 Å². The van der Waals surface area contributed by atoms with Crippen molar-refractivity contribution in [2.75, 3.05) is 32.7 Å². The second-order valence-electron chi connectivity index (χ2n) is 7.66. The molecule has 5 nitrogen and oxygen atoms in total. The first-order valence-electron chi connectivity index (χ1n) is 9.24. The fourth-order valence-corrected chi connectivity index (χ4v) is 3.63. The zero-order chi connectivity index (χ0) is 16.9. The first kappa shape index (κ1) is 18.2. The Hall–Kier alpha value is -1.10. The third kappa shape index (κ3) is 4.69. The van der Waals surface area contributed by atoms with E-state index >= 15 is 0 Å². The minimum Gasteiger partial charge on any atom is -0.354 e. The predicted octanol–water partition coefficient (Wildman–Crippen LogP) is 2.02. The van der Waals surface area contributed by atoms with Gasteiger partial charge in [0.1, 0.15) is 5.54 Å². The Labute approximate surface area is 140 Å². The van der Waals surface area contributed by atoms with E-state index in [2.05, 4.69) is 24.1 Å². The lowest BCUT2D eigenvalue weighted by Crippen LogP contribution is -2.55. The van der Waals surface area contributed by atoms with Gasteiger partial charge >= 0.3 is 0 Å². The van der Waals surface area contributed by atoms with Crippen LogP contribution in [0.15, 0.2) is 0 Å². The van der Waals surface area contributed by atoms with Crippen molar-refractivity contribution in [1.82, 2.24) is 15.1 Å². The lowest BCUT2D eigenvalue weighted by Gasteiger charge is -2.34. The van der Waals surface area contributed by atoms with Crippen LogP contribution in [-0.4, -0.2) is 59.9 Å². The molecule has 1 N–H and O–H groups in total. The van der Waals surface area contributed by atoms with Crippen molar-refractivity contribution in [2.45, 2.75) is 64.8 Å². The van der Waals surface area contributed by atoms with Crippen molar-refractivity contribution in [3.05, 3.63) is 0 Å². The molecule has 23 heavy (non-hydrogen) atoms. The summed E-state index contributed by atoms with van der Waals surface area (Å²) in [5, 5.41) is 3.04. The highest BCUT2D eigenvalue weighted by Crippen LogP contribution is 2.30. The standard InChI is InChI=1S/C18H33N3O2/c1-15(2)8-10-19-17(23)18(3)9-7-16(22)21(18)14-6-13-20-11-4-5-12-20/h15H,4-14H2,1-3H3,(H,19,23)/t18-/m0/s1. The molecule has 2 amide bonds. The van der Waals surface area contributed by atoms with Crippen molar-refractivity contribution >= 4 is 11.8 Å². The van der Waals surface area contributed by atoms with E-state index in [1.165, 1.54) is 25.9 Å². The maximum absolute atomic E-state index is 12.6. The normalized spacial score (nSPS) is 25.6. The van der Waals surface area contributed by atoms with Gasteiger partial charge in [0, 0.05) is 19.5 Å². The van der Waals surface area contributed by atoms with Crippen molar-refractivity contribution in [2.24, 2.45) is 5.92 Å². The zero-order valence-electron chi connectivity index (χ0n) is 15.1. The Morgan fingerprint density at radius 1 is 1.26 bits per heavy atom. The number of amides is 2. The number of likely N-dealkylation sites (tertiary alicyclic amines) is 2. The average Bonchev–Trinajstić information content (AvgIpc) is 3.10. The van der Waals surface area contributed by atoms with Crippen LogP contribution in [0.4, 0.5) is 0 Å². The Morgan fingerprint density at radius 2 is 1.96 bits per heavy atom. The lowest BCUT2D eigenvalue weighted by atomic mass is 9.97. The monoisotopic (exact) mass is 323 g/mol. The SMILES string of the molecule is CC(C)CCNC(=O)[C@]1(C)CCC(=O)N1CCCN1CCCC1. The third-order valence-electron chi connectivity index (χ3n) is 5.27. The molecule has 0 spiro atoms. The fourth-order valence-electron chi connectivity index (χ4n) is 3.63. The van der Waals surface area contributed by atoms with Crippen LogP contribution >= 0.6 is 0 Å². The number of carbonyl (C=O) groups is 2. The van der Waals surface area contributed by atoms with Gasteiger partial charge in [-0.15, -0.1) is 0 Å². The second kappa shape index (κ2) is 8.13. The van der Waals surface area contributed by atoms with Gasteiger partial charge in [0.2, 0.25) is 11.8 Å². The molecular formula is C18H33N3O2. The molecule has 132 valence electrons. The zero-order valence-corrected chi connectivity index (χ0v) is 15.1. The van der Waals surface area contributed by atoms with Crippen LogP contribution in [0.5, 0.6) is 0 Å². The molecule has 2 saturated heterocycles. The lowest BCUT2D eigenvalue weighted by molar-refractivity contribution is -0.140. The highest BCUT2D eigenvalue weighted by molar-refractivity contribution is 5.94. The molecule has 2 aliphatic heterocycles. The van der Waals surface area contributed by atoms with Crippen molar-refractivity contribution in [1.29, 1.82) is 0 Å². The van der Waals surface area contributed by atoms with Crippen LogP contribution in [0.3, 0.4) is 0 Å². The van der Waals surface area contributed by atoms with Crippen LogP contribution in [0.25, 0.3) is 0 Å². The molecule has 2 heterocycles. The molecule has 2 aliphatic rings. The smallest absolute Gasteiger partial charge is 0.245 e. The topological polar surface area (TPSA) is 52.7 Å². The van der Waals surface area contributed by atoms with Gasteiger partial charge in [-0.1, -0.05) is 13.8 Å². The quantitative estimate of drug-likeness (QED) is 0.743. The molecule has 0 radical (unpaired) electrons. The first-order valence-corrected chi connectivity index (χ1v) is 9.24. The number of nitrogens with one attached hydrogen (secondary N) is 1. The summed E-state index contributed by atoms with van der Waals surface area (Å²) in [4.78, 5) is 29.1. The van der Waals surface area contributed by atoms with Gasteiger partial charge in [0.05, 0.1) is 0 Å². The van der Waals surface area contributed by atoms with Gasteiger partial charge in [-0.2, -0.15) is 0 Å². The van der Waals surface area contributed by atoms with E-state index in [9.17, 15) is 9.59 Å². The minimum atomic E-state index is -0.654. The number of hydrogen-bond acceptors (Lipinski definition) is 3. The Morgan fingerprint density at radius 3 is 2.61 bits per heavy atom. The minimum absolute atomic E-state index is 0.0187. The summed E-state index contributed by atoms with van der Waals surface area (Å²) in [6.45, 7) is 11.0. The molecule has 0 bridgehead atoms. The molecular weight excluding hydrogens is 290 g/mol. The molecule has 0 aromatic carbocycles. The molecule has 0 aromatic rings. The predicted molar refractivity (Wildman–Crippen MR) is 92.1 cm³/mol. The first-order chi connectivity index (χ1) is 10.9. The molecule has 0 saturated carbocycles. The third-order valence-corrected chi connectivity index (χ3v) is 5.27. The largest absolute Gasteiger partial charge is 0.354 e. The number of rotatable bonds is 8. The summed E-state index contributed by atoms with van der Waals surface area (Å²) in [6, 6.07) is 0. The molecule has 2 rings (SSSR count). The van der Waals surface area contributed by atoms with Gasteiger partial charge < -0.3 is 15.1 Å². The van der Waals surface area contributed by atoms with E-state index in [0.717, 1.165) is 19.4 Å². The van der Waals surface area contributed by atoms with E-state index in [0.29, 0.717) is 31.8 Å². The maximum atomic E-state index is 12.6. The summed E-state index contributed by atoms with van der Waals surface area (Å²) in [5.41, 5.74) is -0.654. The van der Waals surface area contributed by atoms with Crippen molar-refractivity contribution < 1.29 is 9.59 Å². The van der Waals surface area contributed by atoms with Crippen LogP contribution in [-0.2, 0) is 9.59 Å². The Balaban J connectivity index is 1.84. The van der Waals surface area contributed by atoms with Gasteiger partial charge in [-0.3, -0.25) is 9.59 Å².